The van der Waals surface area contributed by atoms with Gasteiger partial charge in [-0.25, -0.2) is 0 Å². The van der Waals surface area contributed by atoms with Crippen molar-refractivity contribution in [2.45, 2.75) is 112 Å². The van der Waals surface area contributed by atoms with Gasteiger partial charge in [0.05, 0.1) is 19.7 Å². The number of quaternary nitrogens is 1. The van der Waals surface area contributed by atoms with Crippen LogP contribution in [0.2, 0.25) is 0 Å². The second-order valence-corrected chi connectivity index (χ2v) is 12.1. The molecule has 1 unspecified atom stereocenters. The minimum Gasteiger partial charge on any atom is -1.00 e. The summed E-state index contributed by atoms with van der Waals surface area (Å²) in [5, 5.41) is 0. The van der Waals surface area contributed by atoms with E-state index >= 15 is 0 Å². The Kier molecular flexibility index (Phi) is 17.0. The molecule has 0 aliphatic heterocycles. The number of benzene rings is 2. The van der Waals surface area contributed by atoms with E-state index in [-0.39, 0.29) is 24.2 Å². The Morgan fingerprint density at radius 2 is 1.15 bits per heavy atom. The summed E-state index contributed by atoms with van der Waals surface area (Å²) in [7, 11) is 0. The van der Waals surface area contributed by atoms with Crippen LogP contribution in [0.4, 0.5) is 0 Å². The fourth-order valence-corrected chi connectivity index (χ4v) is 6.62. The maximum atomic E-state index is 6.83. The lowest BCUT2D eigenvalue weighted by Crippen LogP contribution is -3.00. The van der Waals surface area contributed by atoms with Crippen LogP contribution in [0.1, 0.15) is 105 Å². The number of halogens is 1. The zero-order chi connectivity index (χ0) is 27.9. The van der Waals surface area contributed by atoms with Gasteiger partial charge in [-0.2, -0.15) is 0 Å². The number of ether oxygens (including phenoxy) is 2. The monoisotopic (exact) mass is 559 g/mol. The lowest BCUT2D eigenvalue weighted by Gasteiger charge is -2.58. The van der Waals surface area contributed by atoms with E-state index in [1.807, 2.05) is 30.3 Å². The van der Waals surface area contributed by atoms with Crippen molar-refractivity contribution < 1.29 is 26.4 Å². The van der Waals surface area contributed by atoms with Gasteiger partial charge in [0.1, 0.15) is 17.9 Å². The number of rotatable bonds is 20. The summed E-state index contributed by atoms with van der Waals surface area (Å²) in [6, 6.07) is 21.6. The van der Waals surface area contributed by atoms with Crippen LogP contribution in [-0.2, 0) is 10.3 Å². The molecule has 0 spiro atoms. The van der Waals surface area contributed by atoms with Gasteiger partial charge in [0.15, 0.2) is 6.23 Å². The van der Waals surface area contributed by atoms with E-state index in [9.17, 15) is 0 Å². The molecular weight excluding hydrogens is 502 g/mol. The fraction of sp³-hybridized carbons (Fsp3) is 0.657. The Morgan fingerprint density at radius 1 is 0.667 bits per heavy atom. The Morgan fingerprint density at radius 3 is 1.62 bits per heavy atom. The topological polar surface area (TPSA) is 18.5 Å². The molecule has 0 heterocycles. The van der Waals surface area contributed by atoms with Crippen LogP contribution in [0.25, 0.3) is 0 Å². The summed E-state index contributed by atoms with van der Waals surface area (Å²) in [4.78, 5) is 0. The van der Waals surface area contributed by atoms with E-state index in [4.69, 9.17) is 9.47 Å². The average molecular weight is 560 g/mol. The van der Waals surface area contributed by atoms with Crippen LogP contribution in [0.15, 0.2) is 60.7 Å². The van der Waals surface area contributed by atoms with Gasteiger partial charge in [-0.3, -0.25) is 4.48 Å². The van der Waals surface area contributed by atoms with Crippen LogP contribution in [0.3, 0.4) is 0 Å². The average Bonchev–Trinajstić information content (AvgIpc) is 2.90. The van der Waals surface area contributed by atoms with Crippen molar-refractivity contribution in [3.8, 4) is 5.75 Å². The Hall–Kier alpha value is -1.55. The molecule has 0 amide bonds. The van der Waals surface area contributed by atoms with E-state index in [0.29, 0.717) is 25.0 Å². The molecule has 1 atom stereocenters. The van der Waals surface area contributed by atoms with E-state index in [0.717, 1.165) is 23.3 Å². The van der Waals surface area contributed by atoms with Gasteiger partial charge in [0, 0.05) is 25.3 Å². The molecule has 0 aliphatic rings. The van der Waals surface area contributed by atoms with Crippen LogP contribution in [-0.4, -0.2) is 37.0 Å². The minimum absolute atomic E-state index is 0. The molecule has 0 aliphatic carbocycles. The highest BCUT2D eigenvalue weighted by molar-refractivity contribution is 5.23. The molecular formula is C35H58ClNO2. The van der Waals surface area contributed by atoms with E-state index in [1.54, 1.807) is 0 Å². The highest BCUT2D eigenvalue weighted by Crippen LogP contribution is 2.48. The quantitative estimate of drug-likeness (QED) is 0.103. The van der Waals surface area contributed by atoms with Crippen LogP contribution >= 0.6 is 0 Å². The zero-order valence-corrected chi connectivity index (χ0v) is 26.9. The molecule has 222 valence electrons. The van der Waals surface area contributed by atoms with Gasteiger partial charge in [-0.15, -0.1) is 0 Å². The number of hydrogen-bond acceptors (Lipinski definition) is 2. The van der Waals surface area contributed by atoms with Gasteiger partial charge in [0.2, 0.25) is 0 Å². The molecule has 2 aromatic carbocycles. The van der Waals surface area contributed by atoms with Crippen molar-refractivity contribution in [2.75, 3.05) is 26.3 Å². The molecule has 0 saturated carbocycles. The third-order valence-electron chi connectivity index (χ3n) is 8.13. The van der Waals surface area contributed by atoms with Gasteiger partial charge in [0.25, 0.3) is 0 Å². The van der Waals surface area contributed by atoms with E-state index in [1.165, 1.54) is 56.9 Å². The molecule has 4 heteroatoms. The third kappa shape index (κ3) is 10.4. The summed E-state index contributed by atoms with van der Waals surface area (Å²) in [6.45, 7) is 20.1. The summed E-state index contributed by atoms with van der Waals surface area (Å²) >= 11 is 0. The first-order valence-corrected chi connectivity index (χ1v) is 15.5. The highest BCUT2D eigenvalue weighted by Gasteiger charge is 2.55. The predicted molar refractivity (Wildman–Crippen MR) is 163 cm³/mol. The van der Waals surface area contributed by atoms with Crippen molar-refractivity contribution >= 4 is 0 Å². The van der Waals surface area contributed by atoms with Gasteiger partial charge < -0.3 is 21.9 Å². The third-order valence-corrected chi connectivity index (χ3v) is 8.13. The molecule has 0 bridgehead atoms. The van der Waals surface area contributed by atoms with Crippen molar-refractivity contribution in [3.63, 3.8) is 0 Å². The van der Waals surface area contributed by atoms with E-state index in [2.05, 4.69) is 78.8 Å². The number of nitrogens with zero attached hydrogens (tertiary/aromatic N) is 1. The fourth-order valence-electron chi connectivity index (χ4n) is 6.62. The van der Waals surface area contributed by atoms with Gasteiger partial charge in [-0.1, -0.05) is 103 Å². The summed E-state index contributed by atoms with van der Waals surface area (Å²) < 4.78 is 13.9. The second kappa shape index (κ2) is 18.7. The maximum absolute atomic E-state index is 6.83. The minimum atomic E-state index is 0. The van der Waals surface area contributed by atoms with Crippen LogP contribution in [0.5, 0.6) is 5.75 Å². The molecule has 39 heavy (non-hydrogen) atoms. The molecule has 0 saturated heterocycles. The van der Waals surface area contributed by atoms with Crippen molar-refractivity contribution in [1.29, 1.82) is 0 Å². The smallest absolute Gasteiger partial charge is 0.191 e. The summed E-state index contributed by atoms with van der Waals surface area (Å²) in [6.07, 6.45) is 9.91. The van der Waals surface area contributed by atoms with Gasteiger partial charge in [-0.05, 0) is 49.7 Å². The predicted octanol–water partition coefficient (Wildman–Crippen LogP) is 6.62. The molecule has 0 N–H and O–H groups in total. The van der Waals surface area contributed by atoms with Gasteiger partial charge >= 0.3 is 0 Å². The zero-order valence-electron chi connectivity index (χ0n) is 26.1. The maximum Gasteiger partial charge on any atom is 0.191 e. The molecule has 0 fully saturated rings. The number of para-hydroxylation sites is 1. The summed E-state index contributed by atoms with van der Waals surface area (Å²) in [5.41, 5.74) is 1.50. The summed E-state index contributed by atoms with van der Waals surface area (Å²) in [5.74, 6) is 2.10. The largest absolute Gasteiger partial charge is 1.00 e. The van der Waals surface area contributed by atoms with Crippen LogP contribution < -0.4 is 17.1 Å². The Balaban J connectivity index is 0.00000760. The van der Waals surface area contributed by atoms with Crippen molar-refractivity contribution in [2.24, 2.45) is 11.8 Å². The normalized spacial score (nSPS) is 12.9. The molecule has 0 aromatic heterocycles. The number of hydrogen-bond donors (Lipinski definition) is 0. The SMILES string of the molecule is CCCCC[N+](CCCCC)(C(C)OCCOc1ccccc1)C(CC(C)C)(CC(C)C)c1ccccc1.[Cl-]. The Bertz CT molecular complexity index is 835. The first kappa shape index (κ1) is 35.5. The number of unbranched alkanes of at least 4 members (excludes halogenated alkanes) is 4. The first-order chi connectivity index (χ1) is 18.3. The van der Waals surface area contributed by atoms with E-state index < -0.39 is 0 Å². The molecule has 3 nitrogen and oxygen atoms in total. The highest BCUT2D eigenvalue weighted by atomic mass is 35.5. The van der Waals surface area contributed by atoms with Crippen LogP contribution in [0, 0.1) is 11.8 Å². The lowest BCUT2D eigenvalue weighted by atomic mass is 9.72. The second-order valence-electron chi connectivity index (χ2n) is 12.1. The Labute approximate surface area is 247 Å². The first-order valence-electron chi connectivity index (χ1n) is 15.5. The molecule has 2 aromatic rings. The standard InChI is InChI=1S/C35H58NO2.ClH/c1-8-10-18-24-36(25-19-11-9-2,32(7)37-26-27-38-34-22-16-13-17-23-34)35(28-30(3)4,29-31(5)6)33-20-14-12-15-21-33;/h12-17,20-23,30-32H,8-11,18-19,24-29H2,1-7H3;1H/q+1;/p-1. The lowest BCUT2D eigenvalue weighted by molar-refractivity contribution is -1.02. The van der Waals surface area contributed by atoms with Crippen molar-refractivity contribution in [3.05, 3.63) is 66.2 Å². The molecule has 0 radical (unpaired) electrons. The molecule has 2 rings (SSSR count). The van der Waals surface area contributed by atoms with Crippen molar-refractivity contribution in [1.82, 2.24) is 0 Å².